The van der Waals surface area contributed by atoms with E-state index in [1.165, 1.54) is 29.9 Å². The van der Waals surface area contributed by atoms with E-state index in [1.807, 2.05) is 98.8 Å². The Morgan fingerprint density at radius 2 is 1.07 bits per heavy atom. The first-order valence-electron chi connectivity index (χ1n) is 27.2. The lowest BCUT2D eigenvalue weighted by Crippen LogP contribution is -2.47. The molecule has 3 amide bonds. The van der Waals surface area contributed by atoms with Crippen LogP contribution < -0.4 is 16.0 Å². The molecular weight excluding hydrogens is 1180 g/mol. The number of carboxylic acid groups (broad SMARTS) is 1. The van der Waals surface area contributed by atoms with Gasteiger partial charge in [-0.15, -0.1) is 12.4 Å². The smallest absolute Gasteiger partial charge is 0.323 e. The second-order valence-corrected chi connectivity index (χ2v) is 20.3. The molecule has 86 heavy (non-hydrogen) atoms. The number of hydrogen-bond acceptors (Lipinski definition) is 13. The first kappa shape index (κ1) is 70.7. The zero-order valence-electron chi connectivity index (χ0n) is 47.5. The van der Waals surface area contributed by atoms with Gasteiger partial charge in [-0.1, -0.05) is 80.2 Å². The first-order chi connectivity index (χ1) is 40.0. The summed E-state index contributed by atoms with van der Waals surface area (Å²) in [6.07, 6.45) is 11.7. The number of aliphatic carboxylic acids is 1. The quantitative estimate of drug-likeness (QED) is 0.0464. The van der Waals surface area contributed by atoms with Crippen molar-refractivity contribution in [2.24, 2.45) is 0 Å². The minimum atomic E-state index is -1.27. The summed E-state index contributed by atoms with van der Waals surface area (Å²) < 4.78 is 30.6. The minimum Gasteiger partial charge on any atom is -0.480 e. The number of rotatable bonds is 18. The minimum absolute atomic E-state index is 0. The van der Waals surface area contributed by atoms with Crippen molar-refractivity contribution in [3.63, 3.8) is 0 Å². The number of carbonyl (C=O) groups is 6. The van der Waals surface area contributed by atoms with Crippen molar-refractivity contribution in [2.75, 3.05) is 26.2 Å². The molecule has 23 heteroatoms. The highest BCUT2D eigenvalue weighted by molar-refractivity contribution is 8.07. The molecule has 0 spiro atoms. The number of aromatic nitrogens is 6. The van der Waals surface area contributed by atoms with Gasteiger partial charge in [-0.25, -0.2) is 28.7 Å². The Kier molecular flexibility index (Phi) is 28.3. The van der Waals surface area contributed by atoms with Gasteiger partial charge in [0.05, 0.1) is 12.6 Å². The first-order valence-corrected chi connectivity index (χ1v) is 28.5. The molecule has 0 saturated carbocycles. The van der Waals surface area contributed by atoms with Gasteiger partial charge in [0.25, 0.3) is 0 Å². The molecule has 2 saturated heterocycles. The van der Waals surface area contributed by atoms with Crippen molar-refractivity contribution in [2.45, 2.75) is 111 Å². The molecule has 8 aromatic rings. The van der Waals surface area contributed by atoms with Gasteiger partial charge in [0.2, 0.25) is 17.7 Å². The van der Waals surface area contributed by atoms with Crippen LogP contribution in [-0.4, -0.2) is 125 Å². The number of alkyl halides is 2. The van der Waals surface area contributed by atoms with Gasteiger partial charge in [0.15, 0.2) is 11.6 Å². The van der Waals surface area contributed by atoms with E-state index in [4.69, 9.17) is 5.11 Å². The standard InChI is InChI=1S/C31H32FN5O3.C17H15N3O3.C14H19FN2O.CH4.ClH.S2.H2S/c1-20(38)27-18-36(28-11-10-23(13-26(27)28)24-15-34-21(2)35-16-24)19-30(39)37-17-25(32)14-29(37)31(40)33-12-6-9-22-7-4-3-5-8-22;1-10(21)15-8-20(9-17(22)23)16-4-3-12(5-14(15)16)13-6-18-11(2)19-7-13;15-12-9-13(17-10-12)14(18)16-8-4-7-11-5-2-1-3-6-11;;;1-2;/h3-5,7-8,10-11,13,15-16,18,25,29H,6,9,12,14,17,19H2,1-2H3,(H,33,40);3-8H,9H2,1-2H3,(H,22,23);1-3,5-6,12-13,17H,4,7-10H2,(H,16,18);1H4;1H;;1H2/t25-,29+;;12-,13+;;;;/m1.1..../s1. The number of nitrogens with zero attached hydrogens (tertiary/aromatic N) is 7. The Hall–Kier alpha value is -7.76. The van der Waals surface area contributed by atoms with E-state index in [2.05, 4.69) is 70.4 Å². The fraction of sp³-hybridized carbons (Fsp3) is 0.333. The van der Waals surface area contributed by atoms with Gasteiger partial charge < -0.3 is 35.1 Å². The molecule has 4 aromatic carbocycles. The van der Waals surface area contributed by atoms with Crippen LogP contribution in [0.1, 0.15) is 90.4 Å². The van der Waals surface area contributed by atoms with Crippen molar-refractivity contribution >= 4 is 105 Å². The number of Topliss-reactive ketones (excluding diaryl/α,β-unsaturated/α-hetero) is 2. The fourth-order valence-corrected chi connectivity index (χ4v) is 9.98. The number of carboxylic acids is 1. The molecule has 4 atom stereocenters. The van der Waals surface area contributed by atoms with Gasteiger partial charge >= 0.3 is 5.97 Å². The molecule has 2 fully saturated rings. The van der Waals surface area contributed by atoms with Crippen molar-refractivity contribution < 1.29 is 42.7 Å². The second kappa shape index (κ2) is 34.4. The average Bonchev–Trinajstić information content (AvgIpc) is 1.88. The zero-order valence-corrected chi connectivity index (χ0v) is 51.0. The lowest BCUT2D eigenvalue weighted by Gasteiger charge is -2.24. The number of ketones is 2. The molecule has 0 unspecified atom stereocenters. The third-order valence-electron chi connectivity index (χ3n) is 14.2. The Bertz CT molecular complexity index is 3550. The molecule has 2 aliphatic heterocycles. The summed E-state index contributed by atoms with van der Waals surface area (Å²) in [6.45, 7) is 7.54. The maximum absolute atomic E-state index is 14.5. The van der Waals surface area contributed by atoms with Crippen LogP contribution in [-0.2, 0) is 67.5 Å². The van der Waals surface area contributed by atoms with Crippen LogP contribution in [0.4, 0.5) is 8.78 Å². The summed E-state index contributed by atoms with van der Waals surface area (Å²) in [5, 5.41) is 19.1. The second-order valence-electron chi connectivity index (χ2n) is 20.3. The van der Waals surface area contributed by atoms with E-state index in [0.717, 1.165) is 58.8 Å². The molecule has 2 aliphatic rings. The van der Waals surface area contributed by atoms with Crippen LogP contribution in [0.15, 0.2) is 134 Å². The normalized spacial score (nSPS) is 15.6. The molecule has 10 rings (SSSR count). The third-order valence-corrected chi connectivity index (χ3v) is 14.2. The lowest BCUT2D eigenvalue weighted by atomic mass is 10.0. The number of halogens is 3. The Morgan fingerprint density at radius 1 is 0.628 bits per heavy atom. The van der Waals surface area contributed by atoms with Crippen molar-refractivity contribution in [1.82, 2.24) is 49.9 Å². The summed E-state index contributed by atoms with van der Waals surface area (Å²) in [5.74, 6) is -0.623. The number of benzene rings is 4. The van der Waals surface area contributed by atoms with E-state index in [1.54, 1.807) is 46.3 Å². The highest BCUT2D eigenvalue weighted by Crippen LogP contribution is 2.31. The number of likely N-dealkylation sites (tertiary alicyclic amines) is 1. The summed E-state index contributed by atoms with van der Waals surface area (Å²) in [7, 11) is 0. The van der Waals surface area contributed by atoms with Crippen LogP contribution in [0.2, 0.25) is 0 Å². The maximum Gasteiger partial charge on any atom is 0.323 e. The number of carbonyl (C=O) groups excluding carboxylic acids is 5. The van der Waals surface area contributed by atoms with Crippen LogP contribution >= 0.6 is 25.9 Å². The monoisotopic (exact) mass is 1250 g/mol. The largest absolute Gasteiger partial charge is 0.480 e. The predicted molar refractivity (Wildman–Crippen MR) is 344 cm³/mol. The zero-order chi connectivity index (χ0) is 59.6. The number of nitrogens with one attached hydrogen (secondary N) is 3. The molecule has 4 N–H and O–H groups in total. The van der Waals surface area contributed by atoms with Crippen LogP contribution in [0.3, 0.4) is 0 Å². The van der Waals surface area contributed by atoms with Gasteiger partial charge in [-0.05, 0) is 99.9 Å². The van der Waals surface area contributed by atoms with Crippen LogP contribution in [0.5, 0.6) is 0 Å². The average molecular weight is 1250 g/mol. The highest BCUT2D eigenvalue weighted by Gasteiger charge is 2.40. The Morgan fingerprint density at radius 3 is 1.49 bits per heavy atom. The number of fused-ring (bicyclic) bond motifs is 2. The molecule has 0 aliphatic carbocycles. The predicted octanol–water partition coefficient (Wildman–Crippen LogP) is 9.59. The van der Waals surface area contributed by atoms with E-state index in [-0.39, 0.29) is 94.7 Å². The van der Waals surface area contributed by atoms with Crippen molar-refractivity contribution in [3.8, 4) is 22.3 Å². The third kappa shape index (κ3) is 19.4. The van der Waals surface area contributed by atoms with E-state index < -0.39 is 24.4 Å². The summed E-state index contributed by atoms with van der Waals surface area (Å²) in [6, 6.07) is 30.1. The summed E-state index contributed by atoms with van der Waals surface area (Å²) in [5.41, 5.74) is 8.26. The van der Waals surface area contributed by atoms with Gasteiger partial charge in [-0.3, -0.25) is 28.8 Å². The topological polar surface area (TPSA) is 223 Å². The van der Waals surface area contributed by atoms with E-state index >= 15 is 0 Å². The van der Waals surface area contributed by atoms with Crippen molar-refractivity contribution in [1.29, 1.82) is 0 Å². The number of amides is 3. The molecule has 4 aromatic heterocycles. The molecule has 456 valence electrons. The number of aryl methyl sites for hydroxylation is 4. The van der Waals surface area contributed by atoms with Gasteiger partial charge in [0.1, 0.15) is 43.1 Å². The number of hydrogen-bond donors (Lipinski definition) is 4. The Balaban J connectivity index is 0.000000293. The van der Waals surface area contributed by atoms with Gasteiger partial charge in [-0.2, -0.15) is 13.5 Å². The highest BCUT2D eigenvalue weighted by atomic mass is 35.5. The lowest BCUT2D eigenvalue weighted by molar-refractivity contribution is -0.138. The summed E-state index contributed by atoms with van der Waals surface area (Å²) >= 11 is 7.33. The van der Waals surface area contributed by atoms with Gasteiger partial charge in [0, 0.05) is 136 Å². The fourth-order valence-electron chi connectivity index (χ4n) is 9.98. The maximum atomic E-state index is 14.5. The molecule has 6 heterocycles. The molecule has 17 nitrogen and oxygen atoms in total. The SMILES string of the molecule is C.CC(=O)c1cn(CC(=O)N2C[C@H](F)C[C@H]2C(=O)NCCCc2ccccc2)c2ccc(-c3cnc(C)nc3)cc12.CC(=O)c1cn(CC(=O)O)c2ccc(-c3cnc(C)nc3)cc12.Cl.O=C(NCCCc1ccccc1)[C@@H]1C[C@@H](F)CN1.S.S=S. The summed E-state index contributed by atoms with van der Waals surface area (Å²) in [4.78, 5) is 91.5. The van der Waals surface area contributed by atoms with Crippen LogP contribution in [0.25, 0.3) is 44.1 Å². The van der Waals surface area contributed by atoms with Crippen LogP contribution in [0, 0.1) is 13.8 Å². The molecular formula is C63H73ClF2N10O7S3. The van der Waals surface area contributed by atoms with E-state index in [9.17, 15) is 37.5 Å². The molecule has 0 radical (unpaired) electrons. The molecule has 0 bridgehead atoms. The van der Waals surface area contributed by atoms with Crippen molar-refractivity contribution in [3.05, 3.63) is 168 Å². The van der Waals surface area contributed by atoms with E-state index in [0.29, 0.717) is 59.7 Å². The Labute approximate surface area is 522 Å².